The maximum atomic E-state index is 5.98. The lowest BCUT2D eigenvalue weighted by Crippen LogP contribution is -2.09. The minimum atomic E-state index is 0.927. The van der Waals surface area contributed by atoms with Gasteiger partial charge in [-0.3, -0.25) is 0 Å². The quantitative estimate of drug-likeness (QED) is 0.451. The standard InChI is InChI=1S/C24H18BNO/c25-21-15-24-20(19-8-4-5-9-23(19)27-24)14-22(21)26-18-12-10-17(11-13-18)16-6-2-1-3-7-16/h1-15,26H,25H2. The average Bonchev–Trinajstić information content (AvgIpc) is 3.07. The molecule has 1 N–H and O–H groups in total. The molecule has 5 rings (SSSR count). The summed E-state index contributed by atoms with van der Waals surface area (Å²) in [7, 11) is 2.10. The number of furan rings is 1. The van der Waals surface area contributed by atoms with Gasteiger partial charge < -0.3 is 9.73 Å². The highest BCUT2D eigenvalue weighted by molar-refractivity contribution is 6.37. The molecule has 1 heterocycles. The van der Waals surface area contributed by atoms with E-state index in [-0.39, 0.29) is 0 Å². The molecule has 0 radical (unpaired) electrons. The van der Waals surface area contributed by atoms with Crippen molar-refractivity contribution in [2.24, 2.45) is 0 Å². The van der Waals surface area contributed by atoms with E-state index in [1.165, 1.54) is 11.1 Å². The van der Waals surface area contributed by atoms with Gasteiger partial charge >= 0.3 is 0 Å². The lowest BCUT2D eigenvalue weighted by atomic mass is 9.92. The Bertz CT molecular complexity index is 1240. The Morgan fingerprint density at radius 1 is 0.630 bits per heavy atom. The fourth-order valence-corrected chi connectivity index (χ4v) is 3.54. The summed E-state index contributed by atoms with van der Waals surface area (Å²) in [5.74, 6) is 0. The second-order valence-corrected chi connectivity index (χ2v) is 6.83. The van der Waals surface area contributed by atoms with Crippen LogP contribution < -0.4 is 10.8 Å². The van der Waals surface area contributed by atoms with Crippen LogP contribution in [0.1, 0.15) is 0 Å². The average molecular weight is 347 g/mol. The second kappa shape index (κ2) is 6.37. The molecule has 27 heavy (non-hydrogen) atoms. The van der Waals surface area contributed by atoms with Gasteiger partial charge in [0.2, 0.25) is 0 Å². The smallest absolute Gasteiger partial charge is 0.142 e. The number of hydrogen-bond donors (Lipinski definition) is 1. The fraction of sp³-hybridized carbons (Fsp3) is 0. The number of nitrogens with one attached hydrogen (secondary N) is 1. The summed E-state index contributed by atoms with van der Waals surface area (Å²) in [6.45, 7) is 0. The van der Waals surface area contributed by atoms with Gasteiger partial charge in [-0.2, -0.15) is 0 Å². The summed E-state index contributed by atoms with van der Waals surface area (Å²) in [6.07, 6.45) is 0. The second-order valence-electron chi connectivity index (χ2n) is 6.83. The summed E-state index contributed by atoms with van der Waals surface area (Å²) < 4.78 is 5.98. The summed E-state index contributed by atoms with van der Waals surface area (Å²) in [4.78, 5) is 0. The zero-order chi connectivity index (χ0) is 18.2. The molecule has 0 aliphatic rings. The minimum absolute atomic E-state index is 0.927. The van der Waals surface area contributed by atoms with Crippen LogP contribution in [0.15, 0.2) is 95.4 Å². The number of hydrogen-bond acceptors (Lipinski definition) is 2. The van der Waals surface area contributed by atoms with Crippen LogP contribution in [0.2, 0.25) is 0 Å². The summed E-state index contributed by atoms with van der Waals surface area (Å²) in [5.41, 5.74) is 7.63. The zero-order valence-electron chi connectivity index (χ0n) is 15.1. The normalized spacial score (nSPS) is 11.1. The minimum Gasteiger partial charge on any atom is -0.456 e. The van der Waals surface area contributed by atoms with Gasteiger partial charge in [-0.25, -0.2) is 0 Å². The van der Waals surface area contributed by atoms with Gasteiger partial charge in [-0.15, -0.1) is 0 Å². The van der Waals surface area contributed by atoms with Crippen LogP contribution in [-0.4, -0.2) is 7.85 Å². The topological polar surface area (TPSA) is 25.2 Å². The maximum absolute atomic E-state index is 5.98. The molecule has 4 aromatic carbocycles. The molecule has 0 aliphatic carbocycles. The van der Waals surface area contributed by atoms with Gasteiger partial charge in [0.25, 0.3) is 0 Å². The van der Waals surface area contributed by atoms with Gasteiger partial charge in [0.15, 0.2) is 0 Å². The maximum Gasteiger partial charge on any atom is 0.142 e. The largest absolute Gasteiger partial charge is 0.456 e. The summed E-state index contributed by atoms with van der Waals surface area (Å²) in [5, 5.41) is 5.84. The number of para-hydroxylation sites is 1. The molecule has 3 heteroatoms. The fourth-order valence-electron chi connectivity index (χ4n) is 3.54. The Balaban J connectivity index is 1.50. The van der Waals surface area contributed by atoms with E-state index in [4.69, 9.17) is 4.42 Å². The predicted molar refractivity (Wildman–Crippen MR) is 117 cm³/mol. The molecule has 2 nitrogen and oxygen atoms in total. The molecular formula is C24H18BNO. The first-order valence-corrected chi connectivity index (χ1v) is 9.12. The van der Waals surface area contributed by atoms with Crippen molar-refractivity contribution in [2.75, 3.05) is 5.32 Å². The number of anilines is 2. The third-order valence-electron chi connectivity index (χ3n) is 4.99. The highest BCUT2D eigenvalue weighted by Crippen LogP contribution is 2.30. The first kappa shape index (κ1) is 15.8. The number of rotatable bonds is 3. The van der Waals surface area contributed by atoms with E-state index in [1.54, 1.807) is 0 Å². The molecule has 0 bridgehead atoms. The third kappa shape index (κ3) is 2.87. The SMILES string of the molecule is Bc1cc2oc3ccccc3c2cc1Nc1ccc(-c2ccccc2)cc1. The van der Waals surface area contributed by atoms with Crippen molar-refractivity contribution < 1.29 is 4.42 Å². The van der Waals surface area contributed by atoms with E-state index in [2.05, 4.69) is 79.9 Å². The van der Waals surface area contributed by atoms with Crippen LogP contribution in [0.3, 0.4) is 0 Å². The number of fused-ring (bicyclic) bond motifs is 3. The first-order valence-electron chi connectivity index (χ1n) is 9.12. The molecule has 0 aliphatic heterocycles. The molecule has 0 fully saturated rings. The lowest BCUT2D eigenvalue weighted by molar-refractivity contribution is 0.669. The highest BCUT2D eigenvalue weighted by Gasteiger charge is 2.09. The van der Waals surface area contributed by atoms with Crippen LogP contribution in [0.25, 0.3) is 33.1 Å². The molecule has 0 amide bonds. The van der Waals surface area contributed by atoms with E-state index < -0.39 is 0 Å². The van der Waals surface area contributed by atoms with Crippen LogP contribution in [0, 0.1) is 0 Å². The molecule has 0 unspecified atom stereocenters. The van der Waals surface area contributed by atoms with Crippen LogP contribution >= 0.6 is 0 Å². The van der Waals surface area contributed by atoms with E-state index in [9.17, 15) is 0 Å². The van der Waals surface area contributed by atoms with Crippen molar-refractivity contribution in [1.29, 1.82) is 0 Å². The van der Waals surface area contributed by atoms with E-state index in [0.717, 1.165) is 38.8 Å². The summed E-state index contributed by atoms with van der Waals surface area (Å²) in [6, 6.07) is 31.4. The monoisotopic (exact) mass is 347 g/mol. The molecule has 5 aromatic rings. The van der Waals surface area contributed by atoms with Crippen molar-refractivity contribution in [3.63, 3.8) is 0 Å². The van der Waals surface area contributed by atoms with Crippen LogP contribution in [0.5, 0.6) is 0 Å². The predicted octanol–water partition coefficient (Wildman–Crippen LogP) is 5.26. The molecular weight excluding hydrogens is 329 g/mol. The summed E-state index contributed by atoms with van der Waals surface area (Å²) >= 11 is 0. The Morgan fingerprint density at radius 2 is 1.33 bits per heavy atom. The Hall–Kier alpha value is -3.46. The number of benzene rings is 4. The molecule has 0 saturated carbocycles. The van der Waals surface area contributed by atoms with E-state index in [0.29, 0.717) is 0 Å². The van der Waals surface area contributed by atoms with Gasteiger partial charge in [-0.05, 0) is 41.5 Å². The van der Waals surface area contributed by atoms with Gasteiger partial charge in [-0.1, -0.05) is 66.1 Å². The third-order valence-corrected chi connectivity index (χ3v) is 4.99. The van der Waals surface area contributed by atoms with Crippen molar-refractivity contribution in [3.8, 4) is 11.1 Å². The Labute approximate surface area is 158 Å². The van der Waals surface area contributed by atoms with Crippen molar-refractivity contribution in [2.45, 2.75) is 0 Å². The first-order chi connectivity index (χ1) is 13.3. The lowest BCUT2D eigenvalue weighted by Gasteiger charge is -2.11. The Morgan fingerprint density at radius 3 is 2.15 bits per heavy atom. The van der Waals surface area contributed by atoms with E-state index in [1.807, 2.05) is 24.3 Å². The van der Waals surface area contributed by atoms with Crippen LogP contribution in [-0.2, 0) is 0 Å². The van der Waals surface area contributed by atoms with Gasteiger partial charge in [0.05, 0.1) is 0 Å². The van der Waals surface area contributed by atoms with Crippen molar-refractivity contribution >= 4 is 46.6 Å². The highest BCUT2D eigenvalue weighted by atomic mass is 16.3. The van der Waals surface area contributed by atoms with Crippen molar-refractivity contribution in [1.82, 2.24) is 0 Å². The molecule has 128 valence electrons. The van der Waals surface area contributed by atoms with Gasteiger partial charge in [0.1, 0.15) is 19.0 Å². The molecule has 0 atom stereocenters. The molecule has 0 spiro atoms. The zero-order valence-corrected chi connectivity index (χ0v) is 15.1. The van der Waals surface area contributed by atoms with Crippen LogP contribution in [0.4, 0.5) is 11.4 Å². The van der Waals surface area contributed by atoms with Crippen molar-refractivity contribution in [3.05, 3.63) is 91.0 Å². The molecule has 0 saturated heterocycles. The Kier molecular flexibility index (Phi) is 3.72. The molecule has 1 aromatic heterocycles. The van der Waals surface area contributed by atoms with Gasteiger partial charge in [0, 0.05) is 22.1 Å². The van der Waals surface area contributed by atoms with E-state index >= 15 is 0 Å².